The zero-order chi connectivity index (χ0) is 13.3. The average Bonchev–Trinajstić information content (AvgIpc) is 2.69. The number of carboxylic acid groups (broad SMARTS) is 1. The van der Waals surface area contributed by atoms with E-state index >= 15 is 0 Å². The molecule has 1 amide bonds. The predicted octanol–water partition coefficient (Wildman–Crippen LogP) is 0.812. The zero-order valence-electron chi connectivity index (χ0n) is 9.51. The topological polar surface area (TPSA) is 118 Å². The quantitative estimate of drug-likeness (QED) is 0.737. The fourth-order valence-corrected chi connectivity index (χ4v) is 1.38. The monoisotopic (exact) mass is 249 g/mol. The molecular formula is C11H11N3O4. The lowest BCUT2D eigenvalue weighted by Crippen LogP contribution is -2.32. The van der Waals surface area contributed by atoms with Gasteiger partial charge in [-0.3, -0.25) is 4.79 Å². The van der Waals surface area contributed by atoms with Crippen LogP contribution in [0, 0.1) is 0 Å². The van der Waals surface area contributed by atoms with Crippen LogP contribution in [0.25, 0.3) is 11.1 Å². The number of carbonyl (C=O) groups excluding carboxylic acids is 1. The molecule has 0 aliphatic rings. The number of benzene rings is 1. The molecule has 1 aromatic heterocycles. The number of nitrogens with two attached hydrogens (primary N) is 1. The van der Waals surface area contributed by atoms with Crippen LogP contribution < -0.4 is 11.1 Å². The second-order valence-electron chi connectivity index (χ2n) is 3.78. The van der Waals surface area contributed by atoms with Gasteiger partial charge in [0.15, 0.2) is 5.58 Å². The Morgan fingerprint density at radius 2 is 2.22 bits per heavy atom. The number of carboxylic acids is 1. The van der Waals surface area contributed by atoms with E-state index in [0.29, 0.717) is 11.1 Å². The highest BCUT2D eigenvalue weighted by Gasteiger charge is 2.13. The number of nitrogens with zero attached hydrogens (tertiary/aromatic N) is 1. The molecule has 1 aromatic carbocycles. The molecule has 0 bridgehead atoms. The minimum Gasteiger partial charge on any atom is -0.478 e. The van der Waals surface area contributed by atoms with E-state index in [4.69, 9.17) is 15.3 Å². The van der Waals surface area contributed by atoms with Crippen molar-refractivity contribution in [3.05, 3.63) is 23.8 Å². The summed E-state index contributed by atoms with van der Waals surface area (Å²) in [5.41, 5.74) is 6.03. The molecule has 1 atom stereocenters. The molecule has 0 radical (unpaired) electrons. The summed E-state index contributed by atoms with van der Waals surface area (Å²) < 4.78 is 5.29. The smallest absolute Gasteiger partial charge is 0.335 e. The molecule has 1 unspecified atom stereocenters. The summed E-state index contributed by atoms with van der Waals surface area (Å²) >= 11 is 0. The van der Waals surface area contributed by atoms with E-state index in [1.807, 2.05) is 0 Å². The van der Waals surface area contributed by atoms with Crippen LogP contribution in [0.1, 0.15) is 17.3 Å². The first-order chi connectivity index (χ1) is 8.47. The van der Waals surface area contributed by atoms with Gasteiger partial charge in [0, 0.05) is 0 Å². The minimum absolute atomic E-state index is 0.105. The molecule has 18 heavy (non-hydrogen) atoms. The summed E-state index contributed by atoms with van der Waals surface area (Å²) in [5, 5.41) is 11.5. The van der Waals surface area contributed by atoms with Crippen molar-refractivity contribution in [2.24, 2.45) is 5.73 Å². The Hall–Kier alpha value is -2.57. The van der Waals surface area contributed by atoms with E-state index in [1.165, 1.54) is 18.2 Å². The first kappa shape index (κ1) is 11.9. The van der Waals surface area contributed by atoms with E-state index in [1.54, 1.807) is 6.92 Å². The van der Waals surface area contributed by atoms with Gasteiger partial charge in [0.05, 0.1) is 5.56 Å². The Labute approximate surface area is 102 Å². The van der Waals surface area contributed by atoms with Gasteiger partial charge in [-0.2, -0.15) is 4.98 Å². The van der Waals surface area contributed by atoms with Crippen LogP contribution in [-0.4, -0.2) is 28.0 Å². The van der Waals surface area contributed by atoms with E-state index < -0.39 is 17.9 Å². The fourth-order valence-electron chi connectivity index (χ4n) is 1.38. The van der Waals surface area contributed by atoms with Crippen LogP contribution >= 0.6 is 0 Å². The molecule has 0 fully saturated rings. The first-order valence-electron chi connectivity index (χ1n) is 5.17. The van der Waals surface area contributed by atoms with E-state index in [-0.39, 0.29) is 11.6 Å². The lowest BCUT2D eigenvalue weighted by Gasteiger charge is -2.05. The summed E-state index contributed by atoms with van der Waals surface area (Å²) in [6, 6.07) is 3.82. The van der Waals surface area contributed by atoms with Crippen LogP contribution in [0.3, 0.4) is 0 Å². The Morgan fingerprint density at radius 3 is 2.83 bits per heavy atom. The maximum Gasteiger partial charge on any atom is 0.335 e. The molecule has 0 aliphatic carbocycles. The third-order valence-corrected chi connectivity index (χ3v) is 2.40. The number of amides is 1. The van der Waals surface area contributed by atoms with Gasteiger partial charge in [0.2, 0.25) is 5.91 Å². The number of fused-ring (bicyclic) bond motifs is 1. The number of hydrogen-bond donors (Lipinski definition) is 3. The number of rotatable bonds is 4. The molecule has 7 nitrogen and oxygen atoms in total. The molecule has 1 heterocycles. The van der Waals surface area contributed by atoms with Gasteiger partial charge in [-0.15, -0.1) is 0 Å². The normalized spacial score (nSPS) is 12.3. The summed E-state index contributed by atoms with van der Waals surface area (Å²) in [6.45, 7) is 1.57. The SMILES string of the molecule is CC(Nc1nc2ccc(C(=O)O)cc2o1)C(N)=O. The summed E-state index contributed by atoms with van der Waals surface area (Å²) in [7, 11) is 0. The number of anilines is 1. The van der Waals surface area contributed by atoms with Gasteiger partial charge >= 0.3 is 5.97 Å². The number of aromatic nitrogens is 1. The van der Waals surface area contributed by atoms with Gasteiger partial charge in [-0.05, 0) is 25.1 Å². The molecular weight excluding hydrogens is 238 g/mol. The Balaban J connectivity index is 2.32. The average molecular weight is 249 g/mol. The molecule has 0 aliphatic heterocycles. The molecule has 4 N–H and O–H groups in total. The van der Waals surface area contributed by atoms with E-state index in [9.17, 15) is 9.59 Å². The lowest BCUT2D eigenvalue weighted by molar-refractivity contribution is -0.118. The molecule has 0 spiro atoms. The standard InChI is InChI=1S/C11H11N3O4/c1-5(9(12)15)13-11-14-7-3-2-6(10(16)17)4-8(7)18-11/h2-5H,1H3,(H2,12,15)(H,13,14)(H,16,17). The van der Waals surface area contributed by atoms with E-state index in [0.717, 1.165) is 0 Å². The second-order valence-corrected chi connectivity index (χ2v) is 3.78. The largest absolute Gasteiger partial charge is 0.478 e. The third-order valence-electron chi connectivity index (χ3n) is 2.40. The first-order valence-corrected chi connectivity index (χ1v) is 5.17. The number of nitrogens with one attached hydrogen (secondary N) is 1. The highest BCUT2D eigenvalue weighted by Crippen LogP contribution is 2.20. The third kappa shape index (κ3) is 2.24. The van der Waals surface area contributed by atoms with Crippen LogP contribution in [0.15, 0.2) is 22.6 Å². The van der Waals surface area contributed by atoms with Crippen molar-refractivity contribution in [1.82, 2.24) is 4.98 Å². The molecule has 7 heteroatoms. The predicted molar refractivity (Wildman–Crippen MR) is 63.2 cm³/mol. The lowest BCUT2D eigenvalue weighted by atomic mass is 10.2. The van der Waals surface area contributed by atoms with E-state index in [2.05, 4.69) is 10.3 Å². The van der Waals surface area contributed by atoms with Crippen LogP contribution in [-0.2, 0) is 4.79 Å². The number of oxazole rings is 1. The Kier molecular flexibility index (Phi) is 2.88. The van der Waals surface area contributed by atoms with Gasteiger partial charge in [-0.25, -0.2) is 4.79 Å². The van der Waals surface area contributed by atoms with Crippen molar-refractivity contribution in [1.29, 1.82) is 0 Å². The summed E-state index contributed by atoms with van der Waals surface area (Å²) in [6.07, 6.45) is 0. The van der Waals surface area contributed by atoms with Crippen LogP contribution in [0.4, 0.5) is 6.01 Å². The van der Waals surface area contributed by atoms with Crippen LogP contribution in [0.2, 0.25) is 0 Å². The molecule has 2 rings (SSSR count). The van der Waals surface area contributed by atoms with Gasteiger partial charge < -0.3 is 20.6 Å². The van der Waals surface area contributed by atoms with Gasteiger partial charge in [-0.1, -0.05) is 0 Å². The van der Waals surface area contributed by atoms with Crippen molar-refractivity contribution in [3.63, 3.8) is 0 Å². The van der Waals surface area contributed by atoms with Crippen LogP contribution in [0.5, 0.6) is 0 Å². The highest BCUT2D eigenvalue weighted by molar-refractivity contribution is 5.92. The Morgan fingerprint density at radius 1 is 1.50 bits per heavy atom. The number of carbonyl (C=O) groups is 2. The number of hydrogen-bond acceptors (Lipinski definition) is 5. The summed E-state index contributed by atoms with van der Waals surface area (Å²) in [5.74, 6) is -1.59. The summed E-state index contributed by atoms with van der Waals surface area (Å²) in [4.78, 5) is 25.7. The van der Waals surface area contributed by atoms with Crippen molar-refractivity contribution < 1.29 is 19.1 Å². The van der Waals surface area contributed by atoms with Crippen molar-refractivity contribution in [2.75, 3.05) is 5.32 Å². The van der Waals surface area contributed by atoms with Crippen molar-refractivity contribution >= 4 is 29.0 Å². The highest BCUT2D eigenvalue weighted by atomic mass is 16.4. The fraction of sp³-hybridized carbons (Fsp3) is 0.182. The molecule has 2 aromatic rings. The maximum atomic E-state index is 10.9. The Bertz CT molecular complexity index is 620. The van der Waals surface area contributed by atoms with Crippen molar-refractivity contribution in [3.8, 4) is 0 Å². The minimum atomic E-state index is -1.05. The number of aromatic carboxylic acids is 1. The molecule has 0 saturated carbocycles. The number of primary amides is 1. The molecule has 0 saturated heterocycles. The van der Waals surface area contributed by atoms with Crippen molar-refractivity contribution in [2.45, 2.75) is 13.0 Å². The maximum absolute atomic E-state index is 10.9. The molecule has 94 valence electrons. The second kappa shape index (κ2) is 4.36. The zero-order valence-corrected chi connectivity index (χ0v) is 9.51. The van der Waals surface area contributed by atoms with Gasteiger partial charge in [0.1, 0.15) is 11.6 Å². The van der Waals surface area contributed by atoms with Gasteiger partial charge in [0.25, 0.3) is 6.01 Å².